The van der Waals surface area contributed by atoms with E-state index >= 15 is 0 Å². The Morgan fingerprint density at radius 3 is 2.68 bits per heavy atom. The van der Waals surface area contributed by atoms with Crippen LogP contribution >= 0.6 is 0 Å². The van der Waals surface area contributed by atoms with Crippen LogP contribution in [0.1, 0.15) is 44.6 Å². The van der Waals surface area contributed by atoms with Crippen LogP contribution in [-0.2, 0) is 10.8 Å². The monoisotopic (exact) mass is 277 g/mol. The Balaban J connectivity index is 1.76. The second kappa shape index (κ2) is 5.02. The van der Waals surface area contributed by atoms with Gasteiger partial charge in [0.1, 0.15) is 0 Å². The van der Waals surface area contributed by atoms with E-state index in [9.17, 15) is 4.21 Å². The molecule has 1 saturated carbocycles. The molecule has 1 aliphatic heterocycles. The van der Waals surface area contributed by atoms with Crippen molar-refractivity contribution in [3.63, 3.8) is 0 Å². The van der Waals surface area contributed by atoms with Crippen LogP contribution in [0.5, 0.6) is 0 Å². The van der Waals surface area contributed by atoms with Crippen LogP contribution in [0, 0.1) is 0 Å². The van der Waals surface area contributed by atoms with E-state index < -0.39 is 10.8 Å². The number of rotatable bonds is 1. The molecule has 0 amide bonds. The second-order valence-electron chi connectivity index (χ2n) is 6.62. The van der Waals surface area contributed by atoms with Crippen LogP contribution in [0.15, 0.2) is 30.3 Å². The Morgan fingerprint density at radius 2 is 1.95 bits per heavy atom. The smallest absolute Gasteiger partial charge is 0.0507 e. The summed E-state index contributed by atoms with van der Waals surface area (Å²) in [6, 6.07) is 11.2. The molecule has 0 radical (unpaired) electrons. The topological polar surface area (TPSA) is 29.1 Å². The van der Waals surface area contributed by atoms with Gasteiger partial charge < -0.3 is 5.32 Å². The zero-order valence-corrected chi connectivity index (χ0v) is 12.6. The number of benzene rings is 1. The summed E-state index contributed by atoms with van der Waals surface area (Å²) in [7, 11) is -0.683. The van der Waals surface area contributed by atoms with E-state index in [0.717, 1.165) is 18.6 Å². The van der Waals surface area contributed by atoms with Gasteiger partial charge in [0.15, 0.2) is 0 Å². The van der Waals surface area contributed by atoms with E-state index in [4.69, 9.17) is 0 Å². The van der Waals surface area contributed by atoms with Crippen LogP contribution < -0.4 is 5.32 Å². The first-order valence-electron chi connectivity index (χ1n) is 7.25. The molecule has 1 aliphatic carbocycles. The Hall–Kier alpha value is -0.670. The minimum Gasteiger partial charge on any atom is -0.307 e. The molecule has 2 fully saturated rings. The van der Waals surface area contributed by atoms with E-state index in [1.54, 1.807) is 0 Å². The van der Waals surface area contributed by atoms with Crippen molar-refractivity contribution in [2.75, 3.05) is 5.75 Å². The summed E-state index contributed by atoms with van der Waals surface area (Å²) in [5.74, 6) is 1.38. The fourth-order valence-electron chi connectivity index (χ4n) is 3.62. The molecule has 2 nitrogen and oxygen atoms in total. The number of hydrogen-bond donors (Lipinski definition) is 1. The first-order valence-corrected chi connectivity index (χ1v) is 8.63. The molecule has 3 rings (SSSR count). The lowest BCUT2D eigenvalue weighted by atomic mass is 9.80. The maximum atomic E-state index is 12.5. The molecule has 19 heavy (non-hydrogen) atoms. The number of hydrogen-bond acceptors (Lipinski definition) is 2. The highest BCUT2D eigenvalue weighted by Crippen LogP contribution is 2.38. The van der Waals surface area contributed by atoms with E-state index in [-0.39, 0.29) is 5.54 Å². The first-order chi connectivity index (χ1) is 9.05. The average Bonchev–Trinajstić information content (AvgIpc) is 2.38. The summed E-state index contributed by atoms with van der Waals surface area (Å²) < 4.78 is 12.5. The normalized spacial score (nSPS) is 37.6. The molecule has 1 N–H and O–H groups in total. The van der Waals surface area contributed by atoms with Crippen LogP contribution in [0.25, 0.3) is 0 Å². The molecule has 1 aromatic carbocycles. The molecule has 1 aromatic rings. The highest BCUT2D eigenvalue weighted by atomic mass is 32.2. The highest BCUT2D eigenvalue weighted by molar-refractivity contribution is 7.85. The predicted octanol–water partition coefficient (Wildman–Crippen LogP) is 2.82. The molecule has 4 atom stereocenters. The molecule has 3 heteroatoms. The Bertz CT molecular complexity index is 471. The van der Waals surface area contributed by atoms with E-state index in [1.165, 1.54) is 12.0 Å². The van der Waals surface area contributed by atoms with Crippen molar-refractivity contribution in [2.45, 2.75) is 55.9 Å². The van der Waals surface area contributed by atoms with E-state index in [1.807, 2.05) is 0 Å². The quantitative estimate of drug-likeness (QED) is 0.855. The van der Waals surface area contributed by atoms with Gasteiger partial charge in [-0.15, -0.1) is 0 Å². The summed E-state index contributed by atoms with van der Waals surface area (Å²) in [6.07, 6.45) is 3.44. The molecule has 4 unspecified atom stereocenters. The van der Waals surface area contributed by atoms with Gasteiger partial charge in [0.05, 0.1) is 5.25 Å². The van der Waals surface area contributed by atoms with Gasteiger partial charge in [0.2, 0.25) is 0 Å². The van der Waals surface area contributed by atoms with Crippen molar-refractivity contribution >= 4 is 10.8 Å². The Morgan fingerprint density at radius 1 is 1.21 bits per heavy atom. The van der Waals surface area contributed by atoms with Gasteiger partial charge in [-0.05, 0) is 44.6 Å². The molecule has 0 spiro atoms. The minimum absolute atomic E-state index is 0.0333. The average molecular weight is 277 g/mol. The third-order valence-electron chi connectivity index (χ3n) is 4.48. The Kier molecular flexibility index (Phi) is 3.52. The fourth-order valence-corrected chi connectivity index (χ4v) is 5.65. The first kappa shape index (κ1) is 13.3. The van der Waals surface area contributed by atoms with Gasteiger partial charge in [-0.1, -0.05) is 30.3 Å². The van der Waals surface area contributed by atoms with Gasteiger partial charge in [-0.25, -0.2) is 0 Å². The summed E-state index contributed by atoms with van der Waals surface area (Å²) in [5.41, 5.74) is 1.45. The summed E-state index contributed by atoms with van der Waals surface area (Å²) in [4.78, 5) is 0. The largest absolute Gasteiger partial charge is 0.307 e. The highest BCUT2D eigenvalue weighted by Gasteiger charge is 2.42. The van der Waals surface area contributed by atoms with Gasteiger partial charge in [0, 0.05) is 28.1 Å². The van der Waals surface area contributed by atoms with Gasteiger partial charge >= 0.3 is 0 Å². The molecule has 1 saturated heterocycles. The Labute approximate surface area is 118 Å². The van der Waals surface area contributed by atoms with E-state index in [0.29, 0.717) is 17.2 Å². The molecule has 104 valence electrons. The molecule has 2 aliphatic rings. The molecular formula is C16H23NOS. The summed E-state index contributed by atoms with van der Waals surface area (Å²) in [6.45, 7) is 4.34. The SMILES string of the molecule is CC1(C)CS(=O)C2CC(c3ccccc3)CCC2N1. The van der Waals surface area contributed by atoms with Gasteiger partial charge in [0.25, 0.3) is 0 Å². The van der Waals surface area contributed by atoms with E-state index in [2.05, 4.69) is 49.5 Å². The lowest BCUT2D eigenvalue weighted by Gasteiger charge is -2.45. The molecule has 1 heterocycles. The van der Waals surface area contributed by atoms with Crippen molar-refractivity contribution < 1.29 is 4.21 Å². The summed E-state index contributed by atoms with van der Waals surface area (Å²) >= 11 is 0. The third-order valence-corrected chi connectivity index (χ3v) is 6.68. The van der Waals surface area contributed by atoms with Crippen molar-refractivity contribution in [2.24, 2.45) is 0 Å². The van der Waals surface area contributed by atoms with Gasteiger partial charge in [-0.2, -0.15) is 0 Å². The van der Waals surface area contributed by atoms with Crippen molar-refractivity contribution in [1.82, 2.24) is 5.32 Å². The number of fused-ring (bicyclic) bond motifs is 1. The lowest BCUT2D eigenvalue weighted by Crippen LogP contribution is -2.61. The van der Waals surface area contributed by atoms with Crippen molar-refractivity contribution in [1.29, 1.82) is 0 Å². The zero-order valence-electron chi connectivity index (χ0n) is 11.8. The maximum Gasteiger partial charge on any atom is 0.0507 e. The van der Waals surface area contributed by atoms with Crippen LogP contribution in [0.4, 0.5) is 0 Å². The maximum absolute atomic E-state index is 12.5. The van der Waals surface area contributed by atoms with Gasteiger partial charge in [-0.3, -0.25) is 4.21 Å². The van der Waals surface area contributed by atoms with Crippen LogP contribution in [-0.4, -0.2) is 26.8 Å². The van der Waals surface area contributed by atoms with Crippen LogP contribution in [0.3, 0.4) is 0 Å². The number of nitrogens with one attached hydrogen (secondary N) is 1. The second-order valence-corrected chi connectivity index (χ2v) is 8.27. The fraction of sp³-hybridized carbons (Fsp3) is 0.625. The molecule has 0 bridgehead atoms. The standard InChI is InChI=1S/C16H23NOS/c1-16(2)11-19(18)15-10-13(8-9-14(15)17-16)12-6-4-3-5-7-12/h3-7,13-15,17H,8-11H2,1-2H3. The summed E-state index contributed by atoms with van der Waals surface area (Å²) in [5, 5.41) is 4.04. The third kappa shape index (κ3) is 2.77. The van der Waals surface area contributed by atoms with Crippen molar-refractivity contribution in [3.8, 4) is 0 Å². The van der Waals surface area contributed by atoms with Crippen LogP contribution in [0.2, 0.25) is 0 Å². The molecular weight excluding hydrogens is 254 g/mol. The van der Waals surface area contributed by atoms with Crippen molar-refractivity contribution in [3.05, 3.63) is 35.9 Å². The zero-order chi connectivity index (χ0) is 13.5. The predicted molar refractivity (Wildman–Crippen MR) is 80.8 cm³/mol. The minimum atomic E-state index is -0.683. The molecule has 0 aromatic heterocycles. The lowest BCUT2D eigenvalue weighted by molar-refractivity contribution is 0.270.